The van der Waals surface area contributed by atoms with Gasteiger partial charge in [-0.25, -0.2) is 13.9 Å². The summed E-state index contributed by atoms with van der Waals surface area (Å²) in [5, 5.41) is 0. The minimum atomic E-state index is -1.07. The van der Waals surface area contributed by atoms with E-state index in [1.807, 2.05) is 12.1 Å². The van der Waals surface area contributed by atoms with Gasteiger partial charge >= 0.3 is 0 Å². The largest absolute Gasteiger partial charge is 0.439 e. The maximum absolute atomic E-state index is 11.4. The smallest absolute Gasteiger partial charge is 0.219 e. The number of hydrogen-bond donors (Lipinski definition) is 1. The van der Waals surface area contributed by atoms with Crippen molar-refractivity contribution in [1.29, 1.82) is 0 Å². The molecular weight excluding hydrogens is 276 g/mol. The number of hydrogen-bond acceptors (Lipinski definition) is 4. The monoisotopic (exact) mass is 290 g/mol. The van der Waals surface area contributed by atoms with Crippen LogP contribution in [0.3, 0.4) is 0 Å². The molecular formula is C14H14N2O3S. The first-order valence-corrected chi connectivity index (χ1v) is 7.27. The maximum Gasteiger partial charge on any atom is 0.219 e. The van der Waals surface area contributed by atoms with Gasteiger partial charge in [-0.15, -0.1) is 0 Å². The second kappa shape index (κ2) is 6.93. The van der Waals surface area contributed by atoms with E-state index in [0.717, 1.165) is 11.8 Å². The van der Waals surface area contributed by atoms with Gasteiger partial charge in [0.15, 0.2) is 0 Å². The summed E-state index contributed by atoms with van der Waals surface area (Å²) in [5.41, 5.74) is 1.45. The molecule has 6 heteroatoms. The molecule has 20 heavy (non-hydrogen) atoms. The Balaban J connectivity index is 2.06. The van der Waals surface area contributed by atoms with E-state index in [2.05, 4.69) is 9.71 Å². The summed E-state index contributed by atoms with van der Waals surface area (Å²) < 4.78 is 19.6. The van der Waals surface area contributed by atoms with Crippen molar-refractivity contribution < 1.29 is 13.7 Å². The zero-order chi connectivity index (χ0) is 14.4. The fourth-order valence-electron chi connectivity index (χ4n) is 1.55. The lowest BCUT2D eigenvalue weighted by atomic mass is 10.2. The topological polar surface area (TPSA) is 68.3 Å². The molecule has 2 aromatic rings. The van der Waals surface area contributed by atoms with Crippen molar-refractivity contribution in [3.8, 4) is 11.6 Å². The molecule has 0 spiro atoms. The first-order valence-electron chi connectivity index (χ1n) is 5.95. The molecule has 0 saturated carbocycles. The molecule has 0 amide bonds. The number of ether oxygens (including phenoxy) is 1. The van der Waals surface area contributed by atoms with Crippen molar-refractivity contribution >= 4 is 17.3 Å². The molecule has 0 bridgehead atoms. The van der Waals surface area contributed by atoms with E-state index in [1.165, 1.54) is 6.20 Å². The van der Waals surface area contributed by atoms with Crippen LogP contribution in [0.2, 0.25) is 0 Å². The van der Waals surface area contributed by atoms with E-state index in [0.29, 0.717) is 22.9 Å². The van der Waals surface area contributed by atoms with Crippen LogP contribution in [0.5, 0.6) is 11.6 Å². The number of nitrogens with one attached hydrogen (secondary N) is 1. The number of aromatic nitrogens is 1. The summed E-state index contributed by atoms with van der Waals surface area (Å²) in [4.78, 5) is 14.7. The molecule has 1 N–H and O–H groups in total. The molecule has 5 nitrogen and oxygen atoms in total. The average molecular weight is 290 g/mol. The molecule has 0 aliphatic carbocycles. The highest BCUT2D eigenvalue weighted by Crippen LogP contribution is 2.20. The van der Waals surface area contributed by atoms with Crippen molar-refractivity contribution in [1.82, 2.24) is 9.71 Å². The van der Waals surface area contributed by atoms with Gasteiger partial charge in [-0.1, -0.05) is 12.1 Å². The minimum absolute atomic E-state index is 0.362. The highest BCUT2D eigenvalue weighted by Gasteiger charge is 2.02. The number of carbonyl (C=O) groups excluding carboxylic acids is 1. The molecule has 1 aromatic heterocycles. The number of rotatable bonds is 6. The highest BCUT2D eigenvalue weighted by molar-refractivity contribution is 7.82. The Bertz CT molecular complexity index is 614. The first kappa shape index (κ1) is 14.4. The Morgan fingerprint density at radius 1 is 1.30 bits per heavy atom. The molecule has 0 fully saturated rings. The molecule has 0 radical (unpaired) electrons. The van der Waals surface area contributed by atoms with Gasteiger partial charge in [0.2, 0.25) is 5.88 Å². The van der Waals surface area contributed by atoms with Gasteiger partial charge in [-0.3, -0.25) is 4.79 Å². The van der Waals surface area contributed by atoms with Gasteiger partial charge in [0, 0.05) is 17.8 Å². The van der Waals surface area contributed by atoms with E-state index in [1.54, 1.807) is 31.3 Å². The molecule has 0 aliphatic heterocycles. The van der Waals surface area contributed by atoms with Crippen LogP contribution in [-0.4, -0.2) is 22.5 Å². The maximum atomic E-state index is 11.4. The van der Waals surface area contributed by atoms with Crippen molar-refractivity contribution in [3.05, 3.63) is 53.7 Å². The third-order valence-corrected chi connectivity index (χ3v) is 3.62. The fraction of sp³-hybridized carbons (Fsp3) is 0.143. The number of aldehydes is 1. The second-order valence-electron chi connectivity index (χ2n) is 3.99. The van der Waals surface area contributed by atoms with Crippen LogP contribution in [-0.2, 0) is 16.7 Å². The normalized spacial score (nSPS) is 11.8. The molecule has 1 heterocycles. The Morgan fingerprint density at radius 3 is 2.70 bits per heavy atom. The number of benzene rings is 1. The Kier molecular flexibility index (Phi) is 4.97. The molecule has 104 valence electrons. The van der Waals surface area contributed by atoms with Crippen LogP contribution >= 0.6 is 0 Å². The molecule has 0 saturated heterocycles. The minimum Gasteiger partial charge on any atom is -0.439 e. The SMILES string of the molecule is CNS(=O)Cc1ccc(Oc2cc(C=O)ccn2)cc1. The van der Waals surface area contributed by atoms with Crippen LogP contribution < -0.4 is 9.46 Å². The van der Waals surface area contributed by atoms with Gasteiger partial charge in [-0.2, -0.15) is 0 Å². The molecule has 1 aromatic carbocycles. The lowest BCUT2D eigenvalue weighted by Crippen LogP contribution is -2.12. The van der Waals surface area contributed by atoms with Crippen LogP contribution in [0.15, 0.2) is 42.6 Å². The highest BCUT2D eigenvalue weighted by atomic mass is 32.2. The summed E-state index contributed by atoms with van der Waals surface area (Å²) in [6.07, 6.45) is 2.26. The average Bonchev–Trinajstić information content (AvgIpc) is 2.49. The van der Waals surface area contributed by atoms with Gasteiger partial charge in [-0.05, 0) is 30.8 Å². The molecule has 1 atom stereocenters. The lowest BCUT2D eigenvalue weighted by molar-refractivity contribution is 0.112. The van der Waals surface area contributed by atoms with E-state index < -0.39 is 11.0 Å². The fourth-order valence-corrected chi connectivity index (χ4v) is 2.19. The van der Waals surface area contributed by atoms with E-state index >= 15 is 0 Å². The Hall–Kier alpha value is -2.05. The second-order valence-corrected chi connectivity index (χ2v) is 5.37. The lowest BCUT2D eigenvalue weighted by Gasteiger charge is -2.06. The first-order chi connectivity index (χ1) is 9.71. The zero-order valence-electron chi connectivity index (χ0n) is 10.9. The van der Waals surface area contributed by atoms with Crippen molar-refractivity contribution in [2.45, 2.75) is 5.75 Å². The predicted octanol–water partition coefficient (Wildman–Crippen LogP) is 2.07. The van der Waals surface area contributed by atoms with Crippen LogP contribution in [0.1, 0.15) is 15.9 Å². The summed E-state index contributed by atoms with van der Waals surface area (Å²) in [5.74, 6) is 1.41. The van der Waals surface area contributed by atoms with E-state index in [4.69, 9.17) is 4.74 Å². The quantitative estimate of drug-likeness (QED) is 0.827. The predicted molar refractivity (Wildman–Crippen MR) is 77.0 cm³/mol. The third-order valence-electron chi connectivity index (χ3n) is 2.57. The Morgan fingerprint density at radius 2 is 2.05 bits per heavy atom. The standard InChI is InChI=1S/C14H14N2O3S/c1-15-20(18)10-11-2-4-13(5-3-11)19-14-8-12(9-17)6-7-16-14/h2-9,15H,10H2,1H3. The van der Waals surface area contributed by atoms with Crippen LogP contribution in [0.25, 0.3) is 0 Å². The van der Waals surface area contributed by atoms with Gasteiger partial charge in [0.1, 0.15) is 12.0 Å². The van der Waals surface area contributed by atoms with E-state index in [9.17, 15) is 9.00 Å². The van der Waals surface area contributed by atoms with Gasteiger partial charge in [0.25, 0.3) is 0 Å². The molecule has 1 unspecified atom stereocenters. The van der Waals surface area contributed by atoms with Gasteiger partial charge < -0.3 is 4.74 Å². The summed E-state index contributed by atoms with van der Waals surface area (Å²) in [7, 11) is 0.583. The van der Waals surface area contributed by atoms with Crippen molar-refractivity contribution in [3.63, 3.8) is 0 Å². The van der Waals surface area contributed by atoms with Crippen molar-refractivity contribution in [2.24, 2.45) is 0 Å². The summed E-state index contributed by atoms with van der Waals surface area (Å²) in [6.45, 7) is 0. The zero-order valence-corrected chi connectivity index (χ0v) is 11.7. The third kappa shape index (κ3) is 3.97. The van der Waals surface area contributed by atoms with Gasteiger partial charge in [0.05, 0.1) is 16.7 Å². The number of pyridine rings is 1. The summed E-state index contributed by atoms with van der Waals surface area (Å²) >= 11 is 0. The molecule has 2 rings (SSSR count). The number of nitrogens with zero attached hydrogens (tertiary/aromatic N) is 1. The molecule has 0 aliphatic rings. The van der Waals surface area contributed by atoms with E-state index in [-0.39, 0.29) is 0 Å². The van der Waals surface area contributed by atoms with Crippen LogP contribution in [0.4, 0.5) is 0 Å². The van der Waals surface area contributed by atoms with Crippen molar-refractivity contribution in [2.75, 3.05) is 7.05 Å². The Labute approximate surface area is 119 Å². The summed E-state index contributed by atoms with van der Waals surface area (Å²) in [6, 6.07) is 10.4. The van der Waals surface area contributed by atoms with Crippen LogP contribution in [0, 0.1) is 0 Å². The number of carbonyl (C=O) groups is 1.